The molecule has 1 aromatic carbocycles. The van der Waals surface area contributed by atoms with Crippen LogP contribution in [0.2, 0.25) is 0 Å². The lowest BCUT2D eigenvalue weighted by molar-refractivity contribution is 0.401. The standard InChI is InChI=1S/C12H18ClOP/c1-8-6-9(12(2,3)4)11(14-5)10(7-8)15-13/h6-7,15H,1-5H3. The number of hydrogen-bond acceptors (Lipinski definition) is 1. The first-order chi connectivity index (χ1) is 6.90. The van der Waals surface area contributed by atoms with E-state index in [9.17, 15) is 0 Å². The maximum absolute atomic E-state index is 5.95. The van der Waals surface area contributed by atoms with Gasteiger partial charge in [-0.15, -0.1) is 0 Å². The Balaban J connectivity index is 3.42. The van der Waals surface area contributed by atoms with E-state index in [1.165, 1.54) is 11.1 Å². The zero-order valence-electron chi connectivity index (χ0n) is 9.94. The molecule has 0 radical (unpaired) electrons. The molecule has 1 unspecified atom stereocenters. The van der Waals surface area contributed by atoms with Gasteiger partial charge in [-0.2, -0.15) is 0 Å². The first-order valence-electron chi connectivity index (χ1n) is 4.96. The van der Waals surface area contributed by atoms with Gasteiger partial charge in [0.05, 0.1) is 7.11 Å². The lowest BCUT2D eigenvalue weighted by atomic mass is 9.85. The molecule has 1 rings (SSSR count). The molecule has 0 aliphatic carbocycles. The van der Waals surface area contributed by atoms with Crippen LogP contribution >= 0.6 is 19.2 Å². The molecule has 0 aromatic heterocycles. The number of hydrogen-bond donors (Lipinski definition) is 0. The van der Waals surface area contributed by atoms with Gasteiger partial charge in [-0.3, -0.25) is 0 Å². The van der Waals surface area contributed by atoms with E-state index in [1.54, 1.807) is 7.11 Å². The number of ether oxygens (including phenoxy) is 1. The van der Waals surface area contributed by atoms with Crippen molar-refractivity contribution in [3.05, 3.63) is 23.3 Å². The largest absolute Gasteiger partial charge is 0.496 e. The second kappa shape index (κ2) is 4.72. The van der Waals surface area contributed by atoms with Crippen LogP contribution in [0.1, 0.15) is 31.9 Å². The van der Waals surface area contributed by atoms with Gasteiger partial charge in [0.25, 0.3) is 0 Å². The summed E-state index contributed by atoms with van der Waals surface area (Å²) in [7, 11) is 1.96. The predicted molar refractivity (Wildman–Crippen MR) is 70.2 cm³/mol. The zero-order valence-corrected chi connectivity index (χ0v) is 11.7. The maximum Gasteiger partial charge on any atom is 0.131 e. The molecule has 0 bridgehead atoms. The number of aryl methyl sites for hydroxylation is 1. The minimum Gasteiger partial charge on any atom is -0.496 e. The molecule has 0 N–H and O–H groups in total. The Kier molecular flexibility index (Phi) is 4.03. The van der Waals surface area contributed by atoms with Crippen LogP contribution in [-0.2, 0) is 5.41 Å². The monoisotopic (exact) mass is 244 g/mol. The highest BCUT2D eigenvalue weighted by molar-refractivity contribution is 7.75. The van der Waals surface area contributed by atoms with E-state index in [4.69, 9.17) is 16.0 Å². The molecule has 0 aliphatic heterocycles. The first-order valence-corrected chi connectivity index (χ1v) is 6.97. The van der Waals surface area contributed by atoms with Gasteiger partial charge in [0.1, 0.15) is 5.75 Å². The Labute approximate surface area is 98.7 Å². The molecule has 3 heteroatoms. The van der Waals surface area contributed by atoms with Crippen molar-refractivity contribution in [3.63, 3.8) is 0 Å². The SMILES string of the molecule is COc1c(PCl)cc(C)cc1C(C)(C)C. The third-order valence-electron chi connectivity index (χ3n) is 2.35. The Bertz CT molecular complexity index is 355. The van der Waals surface area contributed by atoms with Gasteiger partial charge in [-0.05, 0) is 24.0 Å². The van der Waals surface area contributed by atoms with Crippen molar-refractivity contribution >= 4 is 24.5 Å². The van der Waals surface area contributed by atoms with Crippen LogP contribution in [0.4, 0.5) is 0 Å². The van der Waals surface area contributed by atoms with Crippen LogP contribution in [0.3, 0.4) is 0 Å². The molecule has 0 aliphatic rings. The summed E-state index contributed by atoms with van der Waals surface area (Å²) in [6.45, 7) is 8.65. The van der Waals surface area contributed by atoms with Gasteiger partial charge in [0, 0.05) is 18.8 Å². The van der Waals surface area contributed by atoms with Gasteiger partial charge < -0.3 is 4.74 Å². The Morgan fingerprint density at radius 3 is 2.27 bits per heavy atom. The fourth-order valence-corrected chi connectivity index (χ4v) is 2.65. The van der Waals surface area contributed by atoms with Gasteiger partial charge >= 0.3 is 0 Å². The van der Waals surface area contributed by atoms with E-state index >= 15 is 0 Å². The highest BCUT2D eigenvalue weighted by Gasteiger charge is 2.21. The smallest absolute Gasteiger partial charge is 0.131 e. The molecule has 1 atom stereocenters. The van der Waals surface area contributed by atoms with E-state index in [-0.39, 0.29) is 13.3 Å². The van der Waals surface area contributed by atoms with Gasteiger partial charge in [0.2, 0.25) is 0 Å². The number of halogens is 1. The summed E-state index contributed by atoms with van der Waals surface area (Å²) >= 11 is 5.95. The molecule has 0 saturated heterocycles. The molecule has 0 amide bonds. The predicted octanol–water partition coefficient (Wildman–Crippen LogP) is 3.76. The fourth-order valence-electron chi connectivity index (χ4n) is 1.62. The molecule has 84 valence electrons. The van der Waals surface area contributed by atoms with Crippen molar-refractivity contribution in [2.75, 3.05) is 7.11 Å². The lowest BCUT2D eigenvalue weighted by Gasteiger charge is -2.24. The summed E-state index contributed by atoms with van der Waals surface area (Å²) in [4.78, 5) is 0. The van der Waals surface area contributed by atoms with Crippen molar-refractivity contribution in [1.29, 1.82) is 0 Å². The van der Waals surface area contributed by atoms with E-state index in [1.807, 2.05) is 0 Å². The summed E-state index contributed by atoms with van der Waals surface area (Å²) in [5, 5.41) is 1.10. The molecule has 0 heterocycles. The molecular weight excluding hydrogens is 227 g/mol. The average Bonchev–Trinajstić information content (AvgIpc) is 2.15. The summed E-state index contributed by atoms with van der Waals surface area (Å²) < 4.78 is 5.47. The molecule has 15 heavy (non-hydrogen) atoms. The second-order valence-corrected chi connectivity index (χ2v) is 6.03. The molecule has 0 saturated carbocycles. The van der Waals surface area contributed by atoms with Gasteiger partial charge in [0.15, 0.2) is 0 Å². The van der Waals surface area contributed by atoms with Gasteiger partial charge in [-0.25, -0.2) is 0 Å². The zero-order chi connectivity index (χ0) is 11.6. The summed E-state index contributed by atoms with van der Waals surface area (Å²) in [5.74, 6) is 0.946. The fraction of sp³-hybridized carbons (Fsp3) is 0.500. The normalized spacial score (nSPS) is 12.4. The quantitative estimate of drug-likeness (QED) is 0.720. The number of methoxy groups -OCH3 is 1. The minimum atomic E-state index is 0.0860. The Morgan fingerprint density at radius 1 is 1.27 bits per heavy atom. The van der Waals surface area contributed by atoms with E-state index in [0.717, 1.165) is 11.1 Å². The summed E-state index contributed by atoms with van der Waals surface area (Å²) in [6, 6.07) is 4.28. The number of rotatable bonds is 2. The molecule has 1 aromatic rings. The van der Waals surface area contributed by atoms with E-state index in [0.29, 0.717) is 0 Å². The van der Waals surface area contributed by atoms with Crippen molar-refractivity contribution in [3.8, 4) is 5.75 Å². The van der Waals surface area contributed by atoms with Gasteiger partial charge in [-0.1, -0.05) is 38.1 Å². The van der Waals surface area contributed by atoms with E-state index < -0.39 is 0 Å². The summed E-state index contributed by atoms with van der Waals surface area (Å²) in [5.41, 5.74) is 2.56. The van der Waals surface area contributed by atoms with Crippen LogP contribution in [-0.4, -0.2) is 7.11 Å². The van der Waals surface area contributed by atoms with Crippen molar-refractivity contribution in [2.24, 2.45) is 0 Å². The van der Waals surface area contributed by atoms with Crippen LogP contribution in [0.5, 0.6) is 5.75 Å². The lowest BCUT2D eigenvalue weighted by Crippen LogP contribution is -2.17. The highest BCUT2D eigenvalue weighted by atomic mass is 35.7. The average molecular weight is 245 g/mol. The second-order valence-electron chi connectivity index (χ2n) is 4.74. The molecule has 0 spiro atoms. The van der Waals surface area contributed by atoms with Crippen LogP contribution in [0, 0.1) is 6.92 Å². The van der Waals surface area contributed by atoms with Crippen molar-refractivity contribution < 1.29 is 4.74 Å². The minimum absolute atomic E-state index is 0.0860. The molecule has 0 fully saturated rings. The molecular formula is C12H18ClOP. The van der Waals surface area contributed by atoms with Crippen molar-refractivity contribution in [1.82, 2.24) is 0 Å². The Morgan fingerprint density at radius 2 is 1.87 bits per heavy atom. The van der Waals surface area contributed by atoms with Crippen LogP contribution in [0.15, 0.2) is 12.1 Å². The topological polar surface area (TPSA) is 9.23 Å². The highest BCUT2D eigenvalue weighted by Crippen LogP contribution is 2.34. The van der Waals surface area contributed by atoms with Crippen LogP contribution < -0.4 is 10.0 Å². The third kappa shape index (κ3) is 2.86. The third-order valence-corrected chi connectivity index (χ3v) is 3.53. The van der Waals surface area contributed by atoms with Crippen LogP contribution in [0.25, 0.3) is 0 Å². The molecule has 1 nitrogen and oxygen atoms in total. The van der Waals surface area contributed by atoms with E-state index in [2.05, 4.69) is 39.8 Å². The maximum atomic E-state index is 5.95. The Hall–Kier alpha value is -0.260. The van der Waals surface area contributed by atoms with Crippen molar-refractivity contribution in [2.45, 2.75) is 33.1 Å². The number of benzene rings is 1. The summed E-state index contributed by atoms with van der Waals surface area (Å²) in [6.07, 6.45) is 0. The first kappa shape index (κ1) is 12.8.